The molecule has 2 aliphatic rings. The molecule has 0 saturated heterocycles. The first-order chi connectivity index (χ1) is 8.50. The Kier molecular flexibility index (Phi) is 4.27. The zero-order chi connectivity index (χ0) is 13.2. The summed E-state index contributed by atoms with van der Waals surface area (Å²) in [6, 6.07) is 0. The van der Waals surface area contributed by atoms with Gasteiger partial charge in [-0.2, -0.15) is 11.8 Å². The molecule has 0 heterocycles. The fourth-order valence-electron chi connectivity index (χ4n) is 3.24. The van der Waals surface area contributed by atoms with Gasteiger partial charge >= 0.3 is 0 Å². The first-order valence-corrected chi connectivity index (χ1v) is 8.35. The third-order valence-corrected chi connectivity index (χ3v) is 6.17. The van der Waals surface area contributed by atoms with Crippen LogP contribution in [0.1, 0.15) is 51.9 Å². The summed E-state index contributed by atoms with van der Waals surface area (Å²) in [6.07, 6.45) is 9.86. The molecule has 2 aliphatic carbocycles. The molecule has 0 aromatic carbocycles. The summed E-state index contributed by atoms with van der Waals surface area (Å²) in [6.45, 7) is 2.99. The van der Waals surface area contributed by atoms with Crippen LogP contribution in [0.5, 0.6) is 0 Å². The number of thioether (sulfide) groups is 1. The zero-order valence-corrected chi connectivity index (χ0v) is 12.4. The number of hydrogen-bond acceptors (Lipinski definition) is 3. The van der Waals surface area contributed by atoms with Crippen molar-refractivity contribution in [3.05, 3.63) is 0 Å². The lowest BCUT2D eigenvalue weighted by molar-refractivity contribution is -0.128. The third kappa shape index (κ3) is 2.85. The topological polar surface area (TPSA) is 55.1 Å². The Bertz CT molecular complexity index is 311. The highest BCUT2D eigenvalue weighted by atomic mass is 32.2. The van der Waals surface area contributed by atoms with Crippen molar-refractivity contribution in [2.24, 2.45) is 11.7 Å². The van der Waals surface area contributed by atoms with Crippen LogP contribution >= 0.6 is 11.8 Å². The number of nitrogens with one attached hydrogen (secondary N) is 1. The minimum Gasteiger partial charge on any atom is -0.353 e. The van der Waals surface area contributed by atoms with Crippen LogP contribution in [0.3, 0.4) is 0 Å². The van der Waals surface area contributed by atoms with E-state index in [2.05, 4.69) is 18.5 Å². The lowest BCUT2D eigenvalue weighted by Gasteiger charge is -2.42. The van der Waals surface area contributed by atoms with Crippen LogP contribution in [0, 0.1) is 5.92 Å². The summed E-state index contributed by atoms with van der Waals surface area (Å²) < 4.78 is 0.298. The molecule has 4 heteroatoms. The maximum Gasteiger partial charge on any atom is 0.240 e. The van der Waals surface area contributed by atoms with E-state index in [1.54, 1.807) is 0 Å². The number of rotatable bonds is 4. The smallest absolute Gasteiger partial charge is 0.240 e. The quantitative estimate of drug-likeness (QED) is 0.824. The van der Waals surface area contributed by atoms with Gasteiger partial charge in [0.15, 0.2) is 0 Å². The molecule has 0 bridgehead atoms. The second-order valence-electron chi connectivity index (χ2n) is 6.28. The van der Waals surface area contributed by atoms with Crippen molar-refractivity contribution in [1.29, 1.82) is 0 Å². The van der Waals surface area contributed by atoms with Crippen LogP contribution in [0.2, 0.25) is 0 Å². The predicted octanol–water partition coefficient (Wildman–Crippen LogP) is 2.30. The van der Waals surface area contributed by atoms with Crippen LogP contribution < -0.4 is 11.1 Å². The summed E-state index contributed by atoms with van der Waals surface area (Å²) in [5.74, 6) is 0.655. The van der Waals surface area contributed by atoms with E-state index in [0.29, 0.717) is 10.7 Å². The Morgan fingerprint density at radius 1 is 1.39 bits per heavy atom. The lowest BCUT2D eigenvalue weighted by atomic mass is 9.76. The molecule has 3 N–H and O–H groups in total. The summed E-state index contributed by atoms with van der Waals surface area (Å²) >= 11 is 1.89. The van der Waals surface area contributed by atoms with Crippen LogP contribution in [0.4, 0.5) is 0 Å². The van der Waals surface area contributed by atoms with Gasteiger partial charge in [-0.25, -0.2) is 0 Å². The van der Waals surface area contributed by atoms with Gasteiger partial charge < -0.3 is 11.1 Å². The molecule has 3 nitrogen and oxygen atoms in total. The van der Waals surface area contributed by atoms with E-state index >= 15 is 0 Å². The summed E-state index contributed by atoms with van der Waals surface area (Å²) in [7, 11) is 0. The zero-order valence-electron chi connectivity index (χ0n) is 11.6. The molecule has 0 aromatic rings. The fourth-order valence-corrected chi connectivity index (χ4v) is 4.15. The molecule has 18 heavy (non-hydrogen) atoms. The second-order valence-corrected chi connectivity index (χ2v) is 7.56. The van der Waals surface area contributed by atoms with Crippen molar-refractivity contribution < 1.29 is 4.79 Å². The van der Waals surface area contributed by atoms with Crippen molar-refractivity contribution in [2.45, 2.75) is 62.2 Å². The van der Waals surface area contributed by atoms with E-state index in [-0.39, 0.29) is 5.91 Å². The molecular formula is C14H26N2OS. The van der Waals surface area contributed by atoms with Crippen LogP contribution in [-0.4, -0.2) is 29.0 Å². The Balaban J connectivity index is 1.87. The number of hydrogen-bond donors (Lipinski definition) is 2. The SMILES string of the molecule is CSC1(CNC(=O)C2(N)CCCC(C)C2)CCC1. The molecule has 2 saturated carbocycles. The summed E-state index contributed by atoms with van der Waals surface area (Å²) in [5.41, 5.74) is 5.69. The molecule has 1 amide bonds. The van der Waals surface area contributed by atoms with Gasteiger partial charge in [0.1, 0.15) is 0 Å². The number of nitrogens with two attached hydrogens (primary N) is 1. The van der Waals surface area contributed by atoms with Crippen LogP contribution in [0.15, 0.2) is 0 Å². The van der Waals surface area contributed by atoms with E-state index in [1.165, 1.54) is 25.7 Å². The van der Waals surface area contributed by atoms with Crippen molar-refractivity contribution in [3.63, 3.8) is 0 Å². The second kappa shape index (κ2) is 5.41. The summed E-state index contributed by atoms with van der Waals surface area (Å²) in [4.78, 5) is 12.3. The molecule has 2 unspecified atom stereocenters. The molecule has 0 aliphatic heterocycles. The van der Waals surface area contributed by atoms with Gasteiger partial charge in [-0.1, -0.05) is 26.2 Å². The average molecular weight is 270 g/mol. The maximum absolute atomic E-state index is 12.3. The lowest BCUT2D eigenvalue weighted by Crippen LogP contribution is -2.58. The predicted molar refractivity (Wildman–Crippen MR) is 77.7 cm³/mol. The minimum atomic E-state index is -0.610. The average Bonchev–Trinajstić information content (AvgIpc) is 2.27. The monoisotopic (exact) mass is 270 g/mol. The first kappa shape index (κ1) is 14.2. The normalized spacial score (nSPS) is 34.7. The maximum atomic E-state index is 12.3. The standard InChI is InChI=1S/C14H26N2OS/c1-11-5-3-8-14(15,9-11)12(17)16-10-13(18-2)6-4-7-13/h11H,3-10,15H2,1-2H3,(H,16,17). The van der Waals surface area contributed by atoms with Crippen LogP contribution in [-0.2, 0) is 4.79 Å². The van der Waals surface area contributed by atoms with Gasteiger partial charge in [0.05, 0.1) is 5.54 Å². The Morgan fingerprint density at radius 2 is 2.11 bits per heavy atom. The van der Waals surface area contributed by atoms with E-state index < -0.39 is 5.54 Å². The highest BCUT2D eigenvalue weighted by Gasteiger charge is 2.41. The van der Waals surface area contributed by atoms with Crippen molar-refractivity contribution in [2.75, 3.05) is 12.8 Å². The Labute approximate surface area is 115 Å². The van der Waals surface area contributed by atoms with E-state index in [1.807, 2.05) is 11.8 Å². The van der Waals surface area contributed by atoms with E-state index in [4.69, 9.17) is 5.73 Å². The highest BCUT2D eigenvalue weighted by molar-refractivity contribution is 8.00. The van der Waals surface area contributed by atoms with Gasteiger partial charge in [-0.05, 0) is 37.9 Å². The van der Waals surface area contributed by atoms with E-state index in [0.717, 1.165) is 25.8 Å². The van der Waals surface area contributed by atoms with Crippen molar-refractivity contribution >= 4 is 17.7 Å². The number of carbonyl (C=O) groups excluding carboxylic acids is 1. The van der Waals surface area contributed by atoms with Crippen molar-refractivity contribution in [3.8, 4) is 0 Å². The van der Waals surface area contributed by atoms with Gasteiger partial charge in [-0.3, -0.25) is 4.79 Å². The Hall–Kier alpha value is -0.220. The van der Waals surface area contributed by atoms with Gasteiger partial charge in [0.25, 0.3) is 0 Å². The molecule has 2 rings (SSSR count). The van der Waals surface area contributed by atoms with Gasteiger partial charge in [-0.15, -0.1) is 0 Å². The first-order valence-electron chi connectivity index (χ1n) is 7.12. The van der Waals surface area contributed by atoms with Crippen LogP contribution in [0.25, 0.3) is 0 Å². The molecule has 2 fully saturated rings. The number of carbonyl (C=O) groups is 1. The number of amides is 1. The third-order valence-electron chi connectivity index (χ3n) is 4.75. The minimum absolute atomic E-state index is 0.0781. The highest BCUT2D eigenvalue weighted by Crippen LogP contribution is 2.42. The van der Waals surface area contributed by atoms with Gasteiger partial charge in [0, 0.05) is 11.3 Å². The molecule has 0 spiro atoms. The van der Waals surface area contributed by atoms with Gasteiger partial charge in [0.2, 0.25) is 5.91 Å². The largest absolute Gasteiger partial charge is 0.353 e. The molecule has 0 radical (unpaired) electrons. The Morgan fingerprint density at radius 3 is 2.61 bits per heavy atom. The van der Waals surface area contributed by atoms with E-state index in [9.17, 15) is 4.79 Å². The summed E-state index contributed by atoms with van der Waals surface area (Å²) in [5, 5.41) is 3.12. The molecular weight excluding hydrogens is 244 g/mol. The van der Waals surface area contributed by atoms with Crippen molar-refractivity contribution in [1.82, 2.24) is 5.32 Å². The molecule has 0 aromatic heterocycles. The molecule has 104 valence electrons. The molecule has 2 atom stereocenters. The fraction of sp³-hybridized carbons (Fsp3) is 0.929.